The van der Waals surface area contributed by atoms with Crippen LogP contribution in [-0.2, 0) is 51.6 Å². The van der Waals surface area contributed by atoms with Gasteiger partial charge < -0.3 is 30.9 Å². The monoisotopic (exact) mass is 1270 g/mol. The van der Waals surface area contributed by atoms with Crippen LogP contribution < -0.4 is 22.1 Å². The lowest BCUT2D eigenvalue weighted by Gasteiger charge is -2.19. The fraction of sp³-hybridized carbons (Fsp3) is 0.257. The molecule has 10 aromatic heterocycles. The summed E-state index contributed by atoms with van der Waals surface area (Å²) in [4.78, 5) is 58.2. The maximum absolute atomic E-state index is 16.7. The van der Waals surface area contributed by atoms with E-state index in [1.807, 2.05) is 62.4 Å². The molecule has 0 bridgehead atoms. The lowest BCUT2D eigenvalue weighted by Crippen LogP contribution is -2.20. The van der Waals surface area contributed by atoms with Gasteiger partial charge in [-0.3, -0.25) is 29.5 Å². The van der Waals surface area contributed by atoms with E-state index in [1.54, 1.807) is 56.8 Å². The molecular formula is C70H66F2N14O4S2. The third kappa shape index (κ3) is 13.2. The predicted octanol–water partition coefficient (Wildman–Crippen LogP) is 14.5. The Bertz CT molecular complexity index is 4790. The summed E-state index contributed by atoms with van der Waals surface area (Å²) in [6.45, 7) is 16.2. The Hall–Kier alpha value is -10.1. The van der Waals surface area contributed by atoms with Gasteiger partial charge in [-0.25, -0.2) is 18.7 Å². The Labute approximate surface area is 537 Å². The number of benzene rings is 2. The van der Waals surface area contributed by atoms with Crippen molar-refractivity contribution in [1.29, 1.82) is 0 Å². The van der Waals surface area contributed by atoms with Crippen LogP contribution >= 0.6 is 22.7 Å². The van der Waals surface area contributed by atoms with Gasteiger partial charge in [0.05, 0.1) is 54.4 Å². The number of carbonyl (C=O) groups is 2. The van der Waals surface area contributed by atoms with E-state index in [9.17, 15) is 14.0 Å². The Kier molecular flexibility index (Phi) is 17.8. The van der Waals surface area contributed by atoms with Gasteiger partial charge in [0.1, 0.15) is 23.3 Å². The van der Waals surface area contributed by atoms with Crippen molar-refractivity contribution in [3.05, 3.63) is 201 Å². The molecule has 2 amide bonds. The number of rotatable bonds is 23. The van der Waals surface area contributed by atoms with Gasteiger partial charge >= 0.3 is 0 Å². The third-order valence-corrected chi connectivity index (χ3v) is 18.1. The molecule has 0 fully saturated rings. The number of aromatic nitrogens is 10. The summed E-state index contributed by atoms with van der Waals surface area (Å²) in [5.41, 5.74) is 23.7. The Balaban J connectivity index is 0.888. The molecule has 12 aromatic rings. The summed E-state index contributed by atoms with van der Waals surface area (Å²) in [7, 11) is 0. The minimum Gasteiger partial charge on any atom is -0.421 e. The highest BCUT2D eigenvalue weighted by Gasteiger charge is 2.32. The number of nitrogens with zero attached hydrogens (tertiary/aromatic N) is 10. The second-order valence-electron chi connectivity index (χ2n) is 23.8. The molecule has 22 heteroatoms. The summed E-state index contributed by atoms with van der Waals surface area (Å²) in [6.07, 6.45) is 9.54. The first-order chi connectivity index (χ1) is 44.3. The molecular weight excluding hydrogens is 1200 g/mol. The topological polar surface area (TPSA) is 265 Å². The van der Waals surface area contributed by atoms with Gasteiger partial charge in [0.15, 0.2) is 0 Å². The molecule has 92 heavy (non-hydrogen) atoms. The summed E-state index contributed by atoms with van der Waals surface area (Å²) >= 11 is 2.89. The summed E-state index contributed by atoms with van der Waals surface area (Å²) in [5, 5.41) is 26.2. The average Bonchev–Trinajstić information content (AvgIpc) is 1.50. The smallest absolute Gasteiger partial charge is 0.251 e. The van der Waals surface area contributed by atoms with Crippen LogP contribution in [0.3, 0.4) is 0 Å². The molecule has 18 nitrogen and oxygen atoms in total. The average molecular weight is 1270 g/mol. The van der Waals surface area contributed by atoms with Crippen molar-refractivity contribution < 1.29 is 27.2 Å². The maximum Gasteiger partial charge on any atom is 0.251 e. The SMILES string of the molecule is Cc1cc(CNc2nccc3cc(-c4c(C(N)=O)c(CC(C)C)nc(CCc5ccc(F)c(-c6cc(C)ncc6CNc6nccc7cc(-c8c(C(N)=O)c(CC(C)C)nc(CCc9ccc(F)cc9)c8-c8nnc(C)o8)sc67)c5)c4-c4nnc(C)o4)sc23)ccn1. The van der Waals surface area contributed by atoms with Crippen LogP contribution in [-0.4, -0.2) is 62.1 Å². The molecule has 2 aromatic carbocycles. The normalized spacial score (nSPS) is 11.7. The molecule has 0 spiro atoms. The quantitative estimate of drug-likeness (QED) is 0.0464. The van der Waals surface area contributed by atoms with Gasteiger partial charge in [-0.1, -0.05) is 45.9 Å². The van der Waals surface area contributed by atoms with Crippen molar-refractivity contribution in [2.45, 2.75) is 107 Å². The number of thiophene rings is 2. The first-order valence-electron chi connectivity index (χ1n) is 30.3. The van der Waals surface area contributed by atoms with Crippen LogP contribution in [0.25, 0.3) is 75.1 Å². The maximum atomic E-state index is 16.7. The van der Waals surface area contributed by atoms with Gasteiger partial charge in [0.2, 0.25) is 23.6 Å². The highest BCUT2D eigenvalue weighted by Crippen LogP contribution is 2.47. The number of nitrogens with two attached hydrogens (primary N) is 2. The van der Waals surface area contributed by atoms with Crippen molar-refractivity contribution in [2.75, 3.05) is 10.6 Å². The number of anilines is 2. The minimum absolute atomic E-state index is 0.101. The molecule has 10 heterocycles. The third-order valence-electron chi connectivity index (χ3n) is 15.8. The minimum atomic E-state index is -0.656. The largest absolute Gasteiger partial charge is 0.421 e. The summed E-state index contributed by atoms with van der Waals surface area (Å²) in [5.74, 6) is 0.399. The lowest BCUT2D eigenvalue weighted by atomic mass is 9.90. The predicted molar refractivity (Wildman–Crippen MR) is 355 cm³/mol. The molecule has 0 radical (unpaired) electrons. The zero-order valence-electron chi connectivity index (χ0n) is 52.0. The number of halogens is 2. The number of amides is 2. The van der Waals surface area contributed by atoms with Crippen LogP contribution in [0.15, 0.2) is 119 Å². The number of carbonyl (C=O) groups excluding carboxylic acids is 2. The molecule has 0 aliphatic carbocycles. The highest BCUT2D eigenvalue weighted by atomic mass is 32.1. The Morgan fingerprint density at radius 1 is 0.522 bits per heavy atom. The number of hydrogen-bond acceptors (Lipinski definition) is 18. The van der Waals surface area contributed by atoms with Gasteiger partial charge in [-0.05, 0) is 170 Å². The zero-order valence-corrected chi connectivity index (χ0v) is 53.7. The van der Waals surface area contributed by atoms with Crippen LogP contribution in [0.2, 0.25) is 0 Å². The van der Waals surface area contributed by atoms with E-state index in [1.165, 1.54) is 40.9 Å². The molecule has 0 unspecified atom stereocenters. The first kappa shape index (κ1) is 62.1. The van der Waals surface area contributed by atoms with Gasteiger partial charge in [0, 0.05) is 89.6 Å². The Morgan fingerprint density at radius 2 is 1.03 bits per heavy atom. The molecule has 0 aliphatic rings. The fourth-order valence-electron chi connectivity index (χ4n) is 11.7. The summed E-state index contributed by atoms with van der Waals surface area (Å²) in [6, 6.07) is 25.2. The van der Waals surface area contributed by atoms with Crippen LogP contribution in [0.5, 0.6) is 0 Å². The number of primary amides is 2. The molecule has 12 rings (SSSR count). The van der Waals surface area contributed by atoms with E-state index < -0.39 is 17.6 Å². The van der Waals surface area contributed by atoms with Crippen molar-refractivity contribution >= 4 is 66.3 Å². The van der Waals surface area contributed by atoms with Gasteiger partial charge in [-0.15, -0.1) is 43.1 Å². The van der Waals surface area contributed by atoms with Crippen LogP contribution in [0.1, 0.15) is 117 Å². The van der Waals surface area contributed by atoms with E-state index in [0.717, 1.165) is 47.4 Å². The van der Waals surface area contributed by atoms with Crippen LogP contribution in [0.4, 0.5) is 20.4 Å². The van der Waals surface area contributed by atoms with Crippen molar-refractivity contribution in [1.82, 2.24) is 50.3 Å². The molecule has 0 saturated carbocycles. The highest BCUT2D eigenvalue weighted by molar-refractivity contribution is 7.23. The van der Waals surface area contributed by atoms with Crippen LogP contribution in [0, 0.1) is 51.2 Å². The fourth-order valence-corrected chi connectivity index (χ4v) is 14.0. The standard InChI is InChI=1S/C70H66F2N14O4S2/c1-35(2)25-53-57(65(73)87)61(59(69-85-83-39(7)89-69)51(81-53)17-12-41-9-14-47(71)15-10-41)56-31-45-21-24-77-68(64(45)92-56)80-34-46-33-78-38(6)28-48(46)49-29-42(11-16-50(49)72)13-18-52-60(70-86-84-40(8)90-70)62(58(66(74)88)54(82-52)26-36(3)4)55-30-44-20-23-76-67(63(44)91-55)79-32-43-19-22-75-37(5)27-43/h9-11,14-16,19-24,27-31,33,35-36H,12-13,17-18,25-26,32,34H2,1-8H3,(H2,73,87)(H2,74,88)(H,76,79)(H,77,80). The van der Waals surface area contributed by atoms with E-state index in [0.29, 0.717) is 141 Å². The lowest BCUT2D eigenvalue weighted by molar-refractivity contribution is 0.0990. The molecule has 0 aliphatic heterocycles. The second-order valence-corrected chi connectivity index (χ2v) is 25.9. The first-order valence-corrected chi connectivity index (χ1v) is 31.9. The van der Waals surface area contributed by atoms with E-state index in [-0.39, 0.29) is 47.1 Å². The molecule has 466 valence electrons. The number of nitrogens with one attached hydrogen (secondary N) is 2. The van der Waals surface area contributed by atoms with Gasteiger partial charge in [-0.2, -0.15) is 0 Å². The van der Waals surface area contributed by atoms with E-state index in [2.05, 4.69) is 68.7 Å². The molecule has 6 N–H and O–H groups in total. The number of aryl methyl sites for hydroxylation is 8. The molecule has 0 atom stereocenters. The number of fused-ring (bicyclic) bond motifs is 2. The second kappa shape index (κ2) is 26.4. The van der Waals surface area contributed by atoms with E-state index >= 15 is 4.39 Å². The number of hydrogen-bond donors (Lipinski definition) is 4. The van der Waals surface area contributed by atoms with Crippen molar-refractivity contribution in [3.8, 4) is 54.9 Å². The number of pyridine rings is 6. The Morgan fingerprint density at radius 3 is 1.54 bits per heavy atom. The molecule has 0 saturated heterocycles. The van der Waals surface area contributed by atoms with Gasteiger partial charge in [0.25, 0.3) is 11.8 Å². The van der Waals surface area contributed by atoms with Crippen molar-refractivity contribution in [3.63, 3.8) is 0 Å². The van der Waals surface area contributed by atoms with E-state index in [4.69, 9.17) is 40.2 Å². The van der Waals surface area contributed by atoms with Crippen molar-refractivity contribution in [2.24, 2.45) is 23.3 Å². The summed E-state index contributed by atoms with van der Waals surface area (Å²) < 4.78 is 44.7. The zero-order chi connectivity index (χ0) is 64.5.